The van der Waals surface area contributed by atoms with Gasteiger partial charge in [0.25, 0.3) is 0 Å². The summed E-state index contributed by atoms with van der Waals surface area (Å²) in [6, 6.07) is 15.4. The van der Waals surface area contributed by atoms with Gasteiger partial charge in [0.15, 0.2) is 0 Å². The molecule has 5 nitrogen and oxygen atoms in total. The van der Waals surface area contributed by atoms with Gasteiger partial charge in [-0.3, -0.25) is 4.79 Å². The van der Waals surface area contributed by atoms with E-state index in [-0.39, 0.29) is 0 Å². The van der Waals surface area contributed by atoms with Crippen LogP contribution in [0.2, 0.25) is 0 Å². The molecule has 0 unspecified atom stereocenters. The second-order valence-electron chi connectivity index (χ2n) is 7.23. The molecule has 2 aromatic rings. The number of anilines is 1. The molecule has 3 rings (SSSR count). The number of nitrogens with one attached hydrogen (secondary N) is 1. The van der Waals surface area contributed by atoms with Gasteiger partial charge in [0.2, 0.25) is 0 Å². The summed E-state index contributed by atoms with van der Waals surface area (Å²) in [5.74, 6) is -2.06. The van der Waals surface area contributed by atoms with E-state index in [4.69, 9.17) is 9.47 Å². The standard InChI is InChI=1S/C24H24BrNO4/c1-14-5-11-18(12-6-14)26-19-13-15(2)20(23(27)29-3)21(22(19)24(28)30-4)16-7-9-17(25)10-8-16/h5-13,20-21,26H,1-4H3/t20-,21-/m1/s1. The van der Waals surface area contributed by atoms with Crippen molar-refractivity contribution < 1.29 is 19.1 Å². The highest BCUT2D eigenvalue weighted by Crippen LogP contribution is 2.43. The van der Waals surface area contributed by atoms with Crippen molar-refractivity contribution in [2.24, 2.45) is 5.92 Å². The molecule has 0 bridgehead atoms. The molecule has 2 aromatic carbocycles. The minimum Gasteiger partial charge on any atom is -0.469 e. The second kappa shape index (κ2) is 9.30. The predicted molar refractivity (Wildman–Crippen MR) is 120 cm³/mol. The quantitative estimate of drug-likeness (QED) is 0.614. The van der Waals surface area contributed by atoms with Crippen LogP contribution in [0.25, 0.3) is 0 Å². The zero-order valence-electron chi connectivity index (χ0n) is 17.4. The Morgan fingerprint density at radius 3 is 2.13 bits per heavy atom. The lowest BCUT2D eigenvalue weighted by atomic mass is 9.73. The van der Waals surface area contributed by atoms with E-state index in [1.807, 2.05) is 68.5 Å². The maximum atomic E-state index is 12.9. The average molecular weight is 470 g/mol. The SMILES string of the molecule is COC(=O)C1=C(Nc2ccc(C)cc2)C=C(C)[C@@H](C(=O)OC)[C@H]1c1ccc(Br)cc1. The molecule has 0 aromatic heterocycles. The van der Waals surface area contributed by atoms with Crippen LogP contribution >= 0.6 is 15.9 Å². The third-order valence-corrected chi connectivity index (χ3v) is 5.75. The van der Waals surface area contributed by atoms with E-state index in [0.29, 0.717) is 11.3 Å². The van der Waals surface area contributed by atoms with Gasteiger partial charge in [0, 0.05) is 21.8 Å². The van der Waals surface area contributed by atoms with Crippen LogP contribution in [0.1, 0.15) is 24.0 Å². The molecule has 0 radical (unpaired) electrons. The highest BCUT2D eigenvalue weighted by molar-refractivity contribution is 9.10. The average Bonchev–Trinajstić information content (AvgIpc) is 2.74. The minimum atomic E-state index is -0.631. The normalized spacial score (nSPS) is 18.5. The van der Waals surface area contributed by atoms with Gasteiger partial charge in [-0.1, -0.05) is 51.3 Å². The Morgan fingerprint density at radius 2 is 1.57 bits per heavy atom. The lowest BCUT2D eigenvalue weighted by molar-refractivity contribution is -0.144. The van der Waals surface area contributed by atoms with Gasteiger partial charge in [-0.25, -0.2) is 4.79 Å². The molecule has 6 heteroatoms. The van der Waals surface area contributed by atoms with Gasteiger partial charge in [-0.2, -0.15) is 0 Å². The summed E-state index contributed by atoms with van der Waals surface area (Å²) in [6.45, 7) is 3.89. The van der Waals surface area contributed by atoms with Crippen LogP contribution in [0.4, 0.5) is 5.69 Å². The summed E-state index contributed by atoms with van der Waals surface area (Å²) in [4.78, 5) is 25.6. The second-order valence-corrected chi connectivity index (χ2v) is 8.14. The van der Waals surface area contributed by atoms with E-state index < -0.39 is 23.8 Å². The Balaban J connectivity index is 2.19. The fraction of sp³-hybridized carbons (Fsp3) is 0.250. The smallest absolute Gasteiger partial charge is 0.336 e. The van der Waals surface area contributed by atoms with Gasteiger partial charge in [0.1, 0.15) is 0 Å². The number of rotatable bonds is 5. The van der Waals surface area contributed by atoms with Crippen molar-refractivity contribution >= 4 is 33.6 Å². The first-order chi connectivity index (χ1) is 14.3. The lowest BCUT2D eigenvalue weighted by Gasteiger charge is -2.33. The van der Waals surface area contributed by atoms with Crippen LogP contribution in [0.5, 0.6) is 0 Å². The molecule has 1 aliphatic rings. The first kappa shape index (κ1) is 21.8. The summed E-state index contributed by atoms with van der Waals surface area (Å²) in [5, 5.41) is 3.33. The van der Waals surface area contributed by atoms with E-state index in [1.54, 1.807) is 0 Å². The monoisotopic (exact) mass is 469 g/mol. The highest BCUT2D eigenvalue weighted by atomic mass is 79.9. The van der Waals surface area contributed by atoms with Gasteiger partial charge < -0.3 is 14.8 Å². The number of ether oxygens (including phenoxy) is 2. The number of methoxy groups -OCH3 is 2. The Kier molecular flexibility index (Phi) is 6.77. The molecule has 30 heavy (non-hydrogen) atoms. The van der Waals surface area contributed by atoms with E-state index in [9.17, 15) is 9.59 Å². The molecule has 0 aliphatic heterocycles. The number of esters is 2. The number of carbonyl (C=O) groups is 2. The van der Waals surface area contributed by atoms with Gasteiger partial charge in [-0.15, -0.1) is 0 Å². The summed E-state index contributed by atoms with van der Waals surface area (Å²) in [7, 11) is 2.70. The van der Waals surface area contributed by atoms with Crippen molar-refractivity contribution in [2.45, 2.75) is 19.8 Å². The summed E-state index contributed by atoms with van der Waals surface area (Å²) >= 11 is 3.44. The summed E-state index contributed by atoms with van der Waals surface area (Å²) in [5.41, 5.74) is 4.60. The molecular formula is C24H24BrNO4. The number of carbonyl (C=O) groups excluding carboxylic acids is 2. The molecular weight excluding hydrogens is 446 g/mol. The zero-order chi connectivity index (χ0) is 21.8. The van der Waals surface area contributed by atoms with Crippen LogP contribution in [0.15, 0.2) is 75.9 Å². The largest absolute Gasteiger partial charge is 0.469 e. The Bertz CT molecular complexity index is 1010. The molecule has 1 N–H and O–H groups in total. The van der Waals surface area contributed by atoms with Crippen molar-refractivity contribution in [1.29, 1.82) is 0 Å². The molecule has 0 saturated carbocycles. The third kappa shape index (κ3) is 4.49. The molecule has 2 atom stereocenters. The number of hydrogen-bond donors (Lipinski definition) is 1. The number of aryl methyl sites for hydroxylation is 1. The maximum Gasteiger partial charge on any atom is 0.336 e. The molecule has 0 saturated heterocycles. The first-order valence-corrected chi connectivity index (χ1v) is 10.3. The van der Waals surface area contributed by atoms with E-state index in [2.05, 4.69) is 21.2 Å². The van der Waals surface area contributed by atoms with E-state index in [0.717, 1.165) is 26.9 Å². The molecule has 0 spiro atoms. The van der Waals surface area contributed by atoms with Crippen LogP contribution in [-0.4, -0.2) is 26.2 Å². The Morgan fingerprint density at radius 1 is 0.933 bits per heavy atom. The third-order valence-electron chi connectivity index (χ3n) is 5.22. The Hall–Kier alpha value is -2.86. The fourth-order valence-corrected chi connectivity index (χ4v) is 3.98. The maximum absolute atomic E-state index is 12.9. The van der Waals surface area contributed by atoms with Crippen LogP contribution in [0.3, 0.4) is 0 Å². The first-order valence-electron chi connectivity index (χ1n) is 9.53. The fourth-order valence-electron chi connectivity index (χ4n) is 3.71. The lowest BCUT2D eigenvalue weighted by Crippen LogP contribution is -2.33. The van der Waals surface area contributed by atoms with Crippen molar-refractivity contribution in [1.82, 2.24) is 0 Å². The zero-order valence-corrected chi connectivity index (χ0v) is 18.9. The number of allylic oxidation sites excluding steroid dienone is 1. The highest BCUT2D eigenvalue weighted by Gasteiger charge is 2.41. The van der Waals surface area contributed by atoms with Crippen molar-refractivity contribution in [2.75, 3.05) is 19.5 Å². The minimum absolute atomic E-state index is 0.390. The van der Waals surface area contributed by atoms with Crippen molar-refractivity contribution in [3.05, 3.63) is 87.0 Å². The summed E-state index contributed by atoms with van der Waals surface area (Å²) in [6.07, 6.45) is 1.82. The van der Waals surface area contributed by atoms with Crippen LogP contribution in [0, 0.1) is 12.8 Å². The molecule has 1 aliphatic carbocycles. The molecule has 0 amide bonds. The predicted octanol–water partition coefficient (Wildman–Crippen LogP) is 5.13. The molecule has 156 valence electrons. The van der Waals surface area contributed by atoms with Gasteiger partial charge in [0.05, 0.1) is 25.7 Å². The van der Waals surface area contributed by atoms with Crippen molar-refractivity contribution in [3.8, 4) is 0 Å². The number of halogens is 1. The number of hydrogen-bond acceptors (Lipinski definition) is 5. The van der Waals surface area contributed by atoms with Gasteiger partial charge in [-0.05, 0) is 49.8 Å². The van der Waals surface area contributed by atoms with E-state index in [1.165, 1.54) is 14.2 Å². The topological polar surface area (TPSA) is 64.6 Å². The molecule has 0 fully saturated rings. The van der Waals surface area contributed by atoms with Crippen molar-refractivity contribution in [3.63, 3.8) is 0 Å². The van der Waals surface area contributed by atoms with Crippen LogP contribution < -0.4 is 5.32 Å². The van der Waals surface area contributed by atoms with Gasteiger partial charge >= 0.3 is 11.9 Å². The Labute approximate surface area is 184 Å². The van der Waals surface area contributed by atoms with E-state index >= 15 is 0 Å². The number of benzene rings is 2. The van der Waals surface area contributed by atoms with Crippen LogP contribution in [-0.2, 0) is 19.1 Å². The summed E-state index contributed by atoms with van der Waals surface area (Å²) < 4.78 is 11.1. The molecule has 0 heterocycles.